The maximum Gasteiger partial charge on any atom is 0.437 e. The highest BCUT2D eigenvalue weighted by atomic mass is 19.1. The van der Waals surface area contributed by atoms with Gasteiger partial charge in [0.2, 0.25) is 11.8 Å². The Hall–Kier alpha value is -3.84. The molecule has 1 atom stereocenters. The number of nitriles is 1. The van der Waals surface area contributed by atoms with Crippen LogP contribution in [0.1, 0.15) is 11.6 Å². The fourth-order valence-electron chi connectivity index (χ4n) is 3.59. The minimum absolute atomic E-state index is 0.00350. The van der Waals surface area contributed by atoms with Crippen LogP contribution < -0.4 is 5.76 Å². The largest absolute Gasteiger partial charge is 0.437 e. The lowest BCUT2D eigenvalue weighted by atomic mass is 10.1. The van der Waals surface area contributed by atoms with Gasteiger partial charge in [-0.1, -0.05) is 12.1 Å². The first-order valence-electron chi connectivity index (χ1n) is 9.95. The summed E-state index contributed by atoms with van der Waals surface area (Å²) in [6.07, 6.45) is 0. The molecule has 3 aromatic rings. The molecule has 1 aliphatic rings. The fourth-order valence-corrected chi connectivity index (χ4v) is 3.59. The van der Waals surface area contributed by atoms with E-state index in [-0.39, 0.29) is 24.2 Å². The molecule has 1 unspecified atom stereocenters. The van der Waals surface area contributed by atoms with Gasteiger partial charge in [-0.05, 0) is 42.0 Å². The molecule has 0 saturated carbocycles. The van der Waals surface area contributed by atoms with Crippen molar-refractivity contribution in [2.24, 2.45) is 0 Å². The first-order valence-corrected chi connectivity index (χ1v) is 9.95. The number of piperazine rings is 1. The molecule has 10 heteroatoms. The van der Waals surface area contributed by atoms with Gasteiger partial charge in [-0.2, -0.15) is 9.94 Å². The highest BCUT2D eigenvalue weighted by Gasteiger charge is 2.27. The Morgan fingerprint density at radius 1 is 1.03 bits per heavy atom. The van der Waals surface area contributed by atoms with Crippen LogP contribution in [0, 0.1) is 23.0 Å². The second-order valence-corrected chi connectivity index (χ2v) is 7.34. The molecule has 2 heterocycles. The fraction of sp³-hybridized carbons (Fsp3) is 0.273. The van der Waals surface area contributed by atoms with E-state index in [2.05, 4.69) is 11.2 Å². The molecular weight excluding hydrogens is 420 g/mol. The molecule has 0 aliphatic carbocycles. The van der Waals surface area contributed by atoms with E-state index >= 15 is 0 Å². The predicted molar refractivity (Wildman–Crippen MR) is 109 cm³/mol. The number of carbonyl (C=O) groups excluding carboxylic acids is 1. The van der Waals surface area contributed by atoms with E-state index in [1.165, 1.54) is 36.4 Å². The van der Waals surface area contributed by atoms with Gasteiger partial charge >= 0.3 is 5.76 Å². The Bertz CT molecular complexity index is 1190. The smallest absolute Gasteiger partial charge is 0.388 e. The van der Waals surface area contributed by atoms with Crippen LogP contribution in [0.4, 0.5) is 8.78 Å². The van der Waals surface area contributed by atoms with E-state index in [4.69, 9.17) is 4.42 Å². The SMILES string of the molecule is N#CC(c1ccc(F)cc1)N1CCN(C(=O)Cn2nc(-c3ccc(F)cc3)oc2=O)CC1. The summed E-state index contributed by atoms with van der Waals surface area (Å²) in [4.78, 5) is 28.3. The number of halogens is 2. The molecule has 1 aliphatic heterocycles. The molecule has 4 rings (SSSR count). The summed E-state index contributed by atoms with van der Waals surface area (Å²) >= 11 is 0. The second kappa shape index (κ2) is 9.11. The highest BCUT2D eigenvalue weighted by molar-refractivity contribution is 5.76. The molecular formula is C22H19F2N5O3. The van der Waals surface area contributed by atoms with E-state index in [1.807, 2.05) is 4.90 Å². The third-order valence-corrected chi connectivity index (χ3v) is 5.32. The van der Waals surface area contributed by atoms with Crippen LogP contribution in [-0.2, 0) is 11.3 Å². The Balaban J connectivity index is 1.38. The number of rotatable bonds is 5. The zero-order valence-corrected chi connectivity index (χ0v) is 16.9. The van der Waals surface area contributed by atoms with Crippen LogP contribution in [-0.4, -0.2) is 51.7 Å². The van der Waals surface area contributed by atoms with Gasteiger partial charge in [0.25, 0.3) is 0 Å². The van der Waals surface area contributed by atoms with Crippen molar-refractivity contribution in [3.05, 3.63) is 76.3 Å². The summed E-state index contributed by atoms with van der Waals surface area (Å²) in [7, 11) is 0. The van der Waals surface area contributed by atoms with Gasteiger partial charge in [0.15, 0.2) is 0 Å². The van der Waals surface area contributed by atoms with Crippen molar-refractivity contribution in [2.75, 3.05) is 26.2 Å². The predicted octanol–water partition coefficient (Wildman–Crippen LogP) is 2.19. The van der Waals surface area contributed by atoms with Crippen molar-refractivity contribution in [3.63, 3.8) is 0 Å². The molecule has 0 bridgehead atoms. The molecule has 8 nitrogen and oxygen atoms in total. The Morgan fingerprint density at radius 2 is 1.62 bits per heavy atom. The molecule has 164 valence electrons. The van der Waals surface area contributed by atoms with Crippen molar-refractivity contribution in [1.82, 2.24) is 19.6 Å². The van der Waals surface area contributed by atoms with Gasteiger partial charge in [-0.15, -0.1) is 5.10 Å². The Labute approximate surface area is 181 Å². The van der Waals surface area contributed by atoms with Gasteiger partial charge in [-0.25, -0.2) is 13.6 Å². The number of carbonyl (C=O) groups is 1. The third-order valence-electron chi connectivity index (χ3n) is 5.32. The standard InChI is InChI=1S/C22H19F2N5O3/c23-17-5-1-15(2-6-17)19(13-25)27-9-11-28(12-10-27)20(30)14-29-22(31)32-21(26-29)16-3-7-18(24)8-4-16/h1-8,19H,9-12,14H2. The second-order valence-electron chi connectivity index (χ2n) is 7.34. The van der Waals surface area contributed by atoms with E-state index in [1.54, 1.807) is 17.0 Å². The van der Waals surface area contributed by atoms with E-state index < -0.39 is 17.6 Å². The molecule has 1 fully saturated rings. The average molecular weight is 439 g/mol. The first-order chi connectivity index (χ1) is 15.4. The molecule has 0 spiro atoms. The third kappa shape index (κ3) is 4.58. The zero-order chi connectivity index (χ0) is 22.7. The lowest BCUT2D eigenvalue weighted by Crippen LogP contribution is -2.50. The summed E-state index contributed by atoms with van der Waals surface area (Å²) in [6, 6.07) is 12.8. The summed E-state index contributed by atoms with van der Waals surface area (Å²) in [5.41, 5.74) is 1.11. The lowest BCUT2D eigenvalue weighted by molar-refractivity contribution is -0.134. The van der Waals surface area contributed by atoms with Crippen molar-refractivity contribution in [2.45, 2.75) is 12.6 Å². The van der Waals surface area contributed by atoms with Crippen LogP contribution >= 0.6 is 0 Å². The monoisotopic (exact) mass is 439 g/mol. The van der Waals surface area contributed by atoms with Gasteiger partial charge in [0.05, 0.1) is 6.07 Å². The molecule has 32 heavy (non-hydrogen) atoms. The van der Waals surface area contributed by atoms with Crippen molar-refractivity contribution < 1.29 is 18.0 Å². The van der Waals surface area contributed by atoms with E-state index in [0.717, 1.165) is 4.68 Å². The number of benzene rings is 2. The number of amides is 1. The maximum absolute atomic E-state index is 13.2. The van der Waals surface area contributed by atoms with Crippen LogP contribution in [0.5, 0.6) is 0 Å². The van der Waals surface area contributed by atoms with Crippen LogP contribution in [0.2, 0.25) is 0 Å². The molecule has 0 radical (unpaired) electrons. The first kappa shape index (κ1) is 21.4. The summed E-state index contributed by atoms with van der Waals surface area (Å²) in [5, 5.41) is 13.6. The van der Waals surface area contributed by atoms with E-state index in [0.29, 0.717) is 37.3 Å². The molecule has 0 N–H and O–H groups in total. The maximum atomic E-state index is 13.2. The molecule has 2 aromatic carbocycles. The quantitative estimate of drug-likeness (QED) is 0.605. The number of nitrogens with zero attached hydrogens (tertiary/aromatic N) is 5. The van der Waals surface area contributed by atoms with Crippen molar-refractivity contribution in [1.29, 1.82) is 5.26 Å². The van der Waals surface area contributed by atoms with E-state index in [9.17, 15) is 23.6 Å². The van der Waals surface area contributed by atoms with Gasteiger partial charge in [0, 0.05) is 31.7 Å². The normalized spacial score (nSPS) is 15.3. The van der Waals surface area contributed by atoms with Crippen molar-refractivity contribution >= 4 is 5.91 Å². The number of hydrogen-bond acceptors (Lipinski definition) is 6. The van der Waals surface area contributed by atoms with Crippen LogP contribution in [0.25, 0.3) is 11.5 Å². The lowest BCUT2D eigenvalue weighted by Gasteiger charge is -2.37. The molecule has 1 aromatic heterocycles. The van der Waals surface area contributed by atoms with Gasteiger partial charge < -0.3 is 9.32 Å². The van der Waals surface area contributed by atoms with Crippen LogP contribution in [0.3, 0.4) is 0 Å². The Morgan fingerprint density at radius 3 is 2.22 bits per heavy atom. The highest BCUT2D eigenvalue weighted by Crippen LogP contribution is 2.22. The topological polar surface area (TPSA) is 95.4 Å². The molecule has 1 saturated heterocycles. The van der Waals surface area contributed by atoms with Crippen LogP contribution in [0.15, 0.2) is 57.7 Å². The number of hydrogen-bond donors (Lipinski definition) is 0. The summed E-state index contributed by atoms with van der Waals surface area (Å²) < 4.78 is 32.3. The summed E-state index contributed by atoms with van der Waals surface area (Å²) in [5.74, 6) is -1.88. The number of aromatic nitrogens is 2. The van der Waals surface area contributed by atoms with Gasteiger partial charge in [-0.3, -0.25) is 9.69 Å². The zero-order valence-electron chi connectivity index (χ0n) is 16.9. The van der Waals surface area contributed by atoms with Crippen molar-refractivity contribution in [3.8, 4) is 17.5 Å². The van der Waals surface area contributed by atoms with Gasteiger partial charge in [0.1, 0.15) is 24.2 Å². The minimum Gasteiger partial charge on any atom is -0.388 e. The average Bonchev–Trinajstić information content (AvgIpc) is 3.16. The minimum atomic E-state index is -0.780. The molecule has 1 amide bonds. The Kier molecular flexibility index (Phi) is 6.09. The summed E-state index contributed by atoms with van der Waals surface area (Å²) in [6.45, 7) is 1.36.